The molecule has 2 rings (SSSR count). The molecule has 2 aromatic carbocycles. The highest BCUT2D eigenvalue weighted by molar-refractivity contribution is 7.99. The first-order chi connectivity index (χ1) is 9.63. The lowest BCUT2D eigenvalue weighted by Crippen LogP contribution is -2.19. The molecule has 2 nitrogen and oxygen atoms in total. The fourth-order valence-corrected chi connectivity index (χ4v) is 2.53. The minimum absolute atomic E-state index is 0.278. The molecule has 0 aromatic heterocycles. The van der Waals surface area contributed by atoms with Crippen molar-refractivity contribution < 1.29 is 9.84 Å². The van der Waals surface area contributed by atoms with Crippen molar-refractivity contribution in [2.24, 2.45) is 0 Å². The first-order valence-electron chi connectivity index (χ1n) is 6.39. The number of rotatable bonds is 6. The van der Waals surface area contributed by atoms with E-state index in [9.17, 15) is 5.11 Å². The molecule has 1 N–H and O–H groups in total. The van der Waals surface area contributed by atoms with Crippen LogP contribution < -0.4 is 4.74 Å². The Labute approximate surface area is 128 Å². The highest BCUT2D eigenvalue weighted by Crippen LogP contribution is 2.20. The molecule has 0 amide bonds. The lowest BCUT2D eigenvalue weighted by molar-refractivity contribution is 0.126. The Morgan fingerprint density at radius 3 is 2.40 bits per heavy atom. The van der Waals surface area contributed by atoms with Crippen LogP contribution in [0.1, 0.15) is 5.56 Å². The number of aliphatic hydroxyl groups excluding tert-OH is 1. The summed E-state index contributed by atoms with van der Waals surface area (Å²) in [5, 5.41) is 10.6. The van der Waals surface area contributed by atoms with Gasteiger partial charge in [0.15, 0.2) is 0 Å². The van der Waals surface area contributed by atoms with Crippen molar-refractivity contribution in [1.82, 2.24) is 0 Å². The van der Waals surface area contributed by atoms with Gasteiger partial charge in [0, 0.05) is 15.7 Å². The number of thioether (sulfide) groups is 1. The minimum atomic E-state index is -0.503. The molecule has 0 saturated heterocycles. The molecular weight excluding hydrogens is 292 g/mol. The smallest absolute Gasteiger partial charge is 0.119 e. The van der Waals surface area contributed by atoms with Crippen molar-refractivity contribution in [3.8, 4) is 5.75 Å². The fraction of sp³-hybridized carbons (Fsp3) is 0.250. The molecule has 1 unspecified atom stereocenters. The Kier molecular flexibility index (Phi) is 5.77. The summed E-state index contributed by atoms with van der Waals surface area (Å²) in [6, 6.07) is 15.4. The van der Waals surface area contributed by atoms with Crippen LogP contribution in [0.25, 0.3) is 0 Å². The van der Waals surface area contributed by atoms with Crippen molar-refractivity contribution in [3.63, 3.8) is 0 Å². The van der Waals surface area contributed by atoms with Gasteiger partial charge in [0.25, 0.3) is 0 Å². The Hall–Kier alpha value is -1.16. The van der Waals surface area contributed by atoms with Gasteiger partial charge in [-0.25, -0.2) is 0 Å². The molecule has 0 spiro atoms. The van der Waals surface area contributed by atoms with Crippen LogP contribution in [0.5, 0.6) is 5.75 Å². The first kappa shape index (κ1) is 15.2. The van der Waals surface area contributed by atoms with E-state index in [1.165, 1.54) is 5.56 Å². The molecule has 0 bridgehead atoms. The molecule has 20 heavy (non-hydrogen) atoms. The van der Waals surface area contributed by atoms with E-state index in [2.05, 4.69) is 31.2 Å². The molecule has 0 aliphatic rings. The minimum Gasteiger partial charge on any atom is -0.491 e. The van der Waals surface area contributed by atoms with Crippen molar-refractivity contribution in [2.45, 2.75) is 17.9 Å². The average molecular weight is 309 g/mol. The third kappa shape index (κ3) is 5.08. The molecule has 0 heterocycles. The summed E-state index contributed by atoms with van der Waals surface area (Å²) >= 11 is 7.42. The van der Waals surface area contributed by atoms with Crippen LogP contribution in [-0.4, -0.2) is 23.6 Å². The van der Waals surface area contributed by atoms with Gasteiger partial charge in [-0.2, -0.15) is 0 Å². The molecular formula is C16H17ClO2S. The van der Waals surface area contributed by atoms with E-state index in [0.29, 0.717) is 16.5 Å². The largest absolute Gasteiger partial charge is 0.491 e. The Morgan fingerprint density at radius 2 is 1.75 bits per heavy atom. The van der Waals surface area contributed by atoms with Gasteiger partial charge in [0.05, 0.1) is 6.10 Å². The lowest BCUT2D eigenvalue weighted by atomic mass is 10.2. The van der Waals surface area contributed by atoms with E-state index in [1.54, 1.807) is 36.0 Å². The normalized spacial score (nSPS) is 12.2. The standard InChI is InChI=1S/C16H17ClO2S/c1-12-2-8-16(9-3-12)20-11-14(18)10-19-15-6-4-13(17)5-7-15/h2-9,14,18H,10-11H2,1H3. The van der Waals surface area contributed by atoms with Crippen molar-refractivity contribution >= 4 is 23.4 Å². The van der Waals surface area contributed by atoms with E-state index < -0.39 is 6.10 Å². The molecule has 106 valence electrons. The summed E-state index contributed by atoms with van der Waals surface area (Å²) in [6.07, 6.45) is -0.503. The van der Waals surface area contributed by atoms with Crippen LogP contribution >= 0.6 is 23.4 Å². The van der Waals surface area contributed by atoms with Gasteiger partial charge >= 0.3 is 0 Å². The van der Waals surface area contributed by atoms with Gasteiger partial charge in [-0.1, -0.05) is 29.3 Å². The number of aryl methyl sites for hydroxylation is 1. The number of halogens is 1. The molecule has 0 radical (unpaired) electrons. The van der Waals surface area contributed by atoms with Gasteiger partial charge in [0.2, 0.25) is 0 Å². The monoisotopic (exact) mass is 308 g/mol. The number of benzene rings is 2. The van der Waals surface area contributed by atoms with E-state index >= 15 is 0 Å². The number of aliphatic hydroxyl groups is 1. The second kappa shape index (κ2) is 7.58. The Bertz CT molecular complexity index is 476. The third-order valence-electron chi connectivity index (χ3n) is 2.72. The number of hydrogen-bond donors (Lipinski definition) is 1. The van der Waals surface area contributed by atoms with Crippen molar-refractivity contribution in [1.29, 1.82) is 0 Å². The van der Waals surface area contributed by atoms with Crippen LogP contribution in [0.15, 0.2) is 53.4 Å². The predicted molar refractivity (Wildman–Crippen MR) is 84.9 cm³/mol. The van der Waals surface area contributed by atoms with Gasteiger partial charge in [-0.05, 0) is 43.3 Å². The highest BCUT2D eigenvalue weighted by atomic mass is 35.5. The van der Waals surface area contributed by atoms with E-state index in [0.717, 1.165) is 4.90 Å². The molecule has 0 aliphatic heterocycles. The fourth-order valence-electron chi connectivity index (χ4n) is 1.60. The SMILES string of the molecule is Cc1ccc(SCC(O)COc2ccc(Cl)cc2)cc1. The van der Waals surface area contributed by atoms with Crippen molar-refractivity contribution in [3.05, 3.63) is 59.1 Å². The van der Waals surface area contributed by atoms with Crippen LogP contribution in [-0.2, 0) is 0 Å². The summed E-state index contributed by atoms with van der Waals surface area (Å²) in [7, 11) is 0. The zero-order valence-electron chi connectivity index (χ0n) is 11.3. The lowest BCUT2D eigenvalue weighted by Gasteiger charge is -2.12. The second-order valence-electron chi connectivity index (χ2n) is 4.54. The zero-order chi connectivity index (χ0) is 14.4. The van der Waals surface area contributed by atoms with E-state index in [-0.39, 0.29) is 6.61 Å². The zero-order valence-corrected chi connectivity index (χ0v) is 12.8. The predicted octanol–water partition coefficient (Wildman–Crippen LogP) is 4.18. The second-order valence-corrected chi connectivity index (χ2v) is 6.07. The van der Waals surface area contributed by atoms with Gasteiger partial charge in [-0.3, -0.25) is 0 Å². The molecule has 2 aromatic rings. The Morgan fingerprint density at radius 1 is 1.10 bits per heavy atom. The van der Waals surface area contributed by atoms with E-state index in [1.807, 2.05) is 0 Å². The summed E-state index contributed by atoms with van der Waals surface area (Å²) in [4.78, 5) is 1.15. The van der Waals surface area contributed by atoms with Crippen molar-refractivity contribution in [2.75, 3.05) is 12.4 Å². The van der Waals surface area contributed by atoms with Crippen LogP contribution in [0.4, 0.5) is 0 Å². The quantitative estimate of drug-likeness (QED) is 0.812. The number of hydrogen-bond acceptors (Lipinski definition) is 3. The van der Waals surface area contributed by atoms with Crippen LogP contribution in [0.3, 0.4) is 0 Å². The number of ether oxygens (including phenoxy) is 1. The topological polar surface area (TPSA) is 29.5 Å². The summed E-state index contributed by atoms with van der Waals surface area (Å²) in [6.45, 7) is 2.34. The molecule has 0 aliphatic carbocycles. The third-order valence-corrected chi connectivity index (χ3v) is 4.13. The summed E-state index contributed by atoms with van der Waals surface area (Å²) < 4.78 is 5.51. The van der Waals surface area contributed by atoms with Gasteiger partial charge < -0.3 is 9.84 Å². The highest BCUT2D eigenvalue weighted by Gasteiger charge is 2.06. The van der Waals surface area contributed by atoms with Gasteiger partial charge in [0.1, 0.15) is 12.4 Å². The maximum Gasteiger partial charge on any atom is 0.119 e. The Balaban J connectivity index is 1.73. The van der Waals surface area contributed by atoms with E-state index in [4.69, 9.17) is 16.3 Å². The van der Waals surface area contributed by atoms with Crippen LogP contribution in [0, 0.1) is 6.92 Å². The maximum atomic E-state index is 9.91. The molecule has 0 saturated carbocycles. The average Bonchev–Trinajstić information content (AvgIpc) is 2.46. The molecule has 1 atom stereocenters. The maximum absolute atomic E-state index is 9.91. The van der Waals surface area contributed by atoms with Gasteiger partial charge in [-0.15, -0.1) is 11.8 Å². The molecule has 0 fully saturated rings. The van der Waals surface area contributed by atoms with Crippen LogP contribution in [0.2, 0.25) is 5.02 Å². The summed E-state index contributed by atoms with van der Waals surface area (Å²) in [5.74, 6) is 1.32. The summed E-state index contributed by atoms with van der Waals surface area (Å²) in [5.41, 5.74) is 1.24. The first-order valence-corrected chi connectivity index (χ1v) is 7.76. The molecule has 4 heteroatoms.